The maximum atomic E-state index is 10.8. The topological polar surface area (TPSA) is 46.5 Å². The van der Waals surface area contributed by atoms with Gasteiger partial charge in [0, 0.05) is 10.6 Å². The van der Waals surface area contributed by atoms with Gasteiger partial charge in [-0.1, -0.05) is 11.6 Å². The Labute approximate surface area is 107 Å². The van der Waals surface area contributed by atoms with Crippen LogP contribution in [0.3, 0.4) is 0 Å². The third-order valence-electron chi connectivity index (χ3n) is 2.28. The second-order valence-electron chi connectivity index (χ2n) is 3.35. The molecular formula is C12H9ClO3S. The predicted molar refractivity (Wildman–Crippen MR) is 68.3 cm³/mol. The minimum Gasteiger partial charge on any atom is -0.496 e. The molecule has 0 aliphatic rings. The average molecular weight is 269 g/mol. The summed E-state index contributed by atoms with van der Waals surface area (Å²) < 4.78 is 5.22. The van der Waals surface area contributed by atoms with Gasteiger partial charge < -0.3 is 9.84 Å². The van der Waals surface area contributed by atoms with Gasteiger partial charge in [0.05, 0.1) is 7.11 Å². The van der Waals surface area contributed by atoms with E-state index in [1.165, 1.54) is 11.3 Å². The highest BCUT2D eigenvalue weighted by Gasteiger charge is 2.12. The Morgan fingerprint density at radius 3 is 2.76 bits per heavy atom. The lowest BCUT2D eigenvalue weighted by Gasteiger charge is -2.06. The summed E-state index contributed by atoms with van der Waals surface area (Å²) in [5, 5.41) is 11.2. The maximum Gasteiger partial charge on any atom is 0.345 e. The van der Waals surface area contributed by atoms with Gasteiger partial charge in [-0.25, -0.2) is 4.79 Å². The molecule has 0 aliphatic heterocycles. The molecule has 0 saturated heterocycles. The molecule has 0 amide bonds. The highest BCUT2D eigenvalue weighted by Crippen LogP contribution is 2.34. The molecule has 0 spiro atoms. The van der Waals surface area contributed by atoms with E-state index >= 15 is 0 Å². The van der Waals surface area contributed by atoms with Crippen LogP contribution < -0.4 is 4.74 Å². The molecule has 0 aliphatic carbocycles. The van der Waals surface area contributed by atoms with Crippen molar-refractivity contribution in [2.75, 3.05) is 7.11 Å². The zero-order valence-electron chi connectivity index (χ0n) is 8.94. The lowest BCUT2D eigenvalue weighted by molar-refractivity contribution is 0.0702. The molecular weight excluding hydrogens is 260 g/mol. The van der Waals surface area contributed by atoms with Gasteiger partial charge in [-0.2, -0.15) is 0 Å². The number of thiophene rings is 1. The van der Waals surface area contributed by atoms with Gasteiger partial charge in [-0.05, 0) is 35.2 Å². The van der Waals surface area contributed by atoms with Crippen molar-refractivity contribution in [2.24, 2.45) is 0 Å². The van der Waals surface area contributed by atoms with E-state index in [0.717, 1.165) is 11.1 Å². The molecule has 0 bridgehead atoms. The summed E-state index contributed by atoms with van der Waals surface area (Å²) in [4.78, 5) is 11.1. The van der Waals surface area contributed by atoms with E-state index in [-0.39, 0.29) is 0 Å². The number of aromatic carboxylic acids is 1. The van der Waals surface area contributed by atoms with E-state index in [1.54, 1.807) is 36.8 Å². The Kier molecular flexibility index (Phi) is 3.36. The van der Waals surface area contributed by atoms with Crippen molar-refractivity contribution in [3.8, 4) is 16.9 Å². The minimum absolute atomic E-state index is 0.294. The van der Waals surface area contributed by atoms with Crippen LogP contribution in [0.2, 0.25) is 5.02 Å². The standard InChI is InChI=1S/C12H9ClO3S/c1-16-10-3-2-8(13)5-9(10)7-4-11(12(14)15)17-6-7/h2-6H,1H3,(H,14,15). The van der Waals surface area contributed by atoms with Gasteiger partial charge in [0.15, 0.2) is 0 Å². The number of halogens is 1. The van der Waals surface area contributed by atoms with Crippen molar-refractivity contribution in [3.05, 3.63) is 39.5 Å². The molecule has 0 fully saturated rings. The van der Waals surface area contributed by atoms with Crippen LogP contribution in [-0.2, 0) is 0 Å². The van der Waals surface area contributed by atoms with Crippen LogP contribution in [0.25, 0.3) is 11.1 Å². The first-order valence-corrected chi connectivity index (χ1v) is 6.03. The van der Waals surface area contributed by atoms with Crippen molar-refractivity contribution < 1.29 is 14.6 Å². The third-order valence-corrected chi connectivity index (χ3v) is 3.44. The summed E-state index contributed by atoms with van der Waals surface area (Å²) in [5.74, 6) is -0.258. The fourth-order valence-electron chi connectivity index (χ4n) is 1.50. The van der Waals surface area contributed by atoms with Gasteiger partial charge in [-0.3, -0.25) is 0 Å². The van der Waals surface area contributed by atoms with E-state index < -0.39 is 5.97 Å². The van der Waals surface area contributed by atoms with Crippen molar-refractivity contribution >= 4 is 28.9 Å². The van der Waals surface area contributed by atoms with Gasteiger partial charge in [-0.15, -0.1) is 11.3 Å². The number of carbonyl (C=O) groups is 1. The van der Waals surface area contributed by atoms with E-state index in [1.807, 2.05) is 0 Å². The van der Waals surface area contributed by atoms with Crippen LogP contribution in [0, 0.1) is 0 Å². The number of carboxylic acids is 1. The summed E-state index contributed by atoms with van der Waals surface area (Å²) in [6.07, 6.45) is 0. The molecule has 0 radical (unpaired) electrons. The molecule has 5 heteroatoms. The molecule has 0 saturated carbocycles. The number of hydrogen-bond acceptors (Lipinski definition) is 3. The quantitative estimate of drug-likeness (QED) is 0.922. The van der Waals surface area contributed by atoms with Crippen LogP contribution in [0.1, 0.15) is 9.67 Å². The van der Waals surface area contributed by atoms with E-state index in [2.05, 4.69) is 0 Å². The Balaban J connectivity index is 2.51. The first-order chi connectivity index (χ1) is 8.11. The maximum absolute atomic E-state index is 10.8. The average Bonchev–Trinajstić information content (AvgIpc) is 2.78. The molecule has 0 unspecified atom stereocenters. The van der Waals surface area contributed by atoms with Crippen molar-refractivity contribution in [1.29, 1.82) is 0 Å². The summed E-state index contributed by atoms with van der Waals surface area (Å²) in [6, 6.07) is 6.86. The number of hydrogen-bond donors (Lipinski definition) is 1. The largest absolute Gasteiger partial charge is 0.496 e. The summed E-state index contributed by atoms with van der Waals surface area (Å²) in [6.45, 7) is 0. The van der Waals surface area contributed by atoms with Crippen LogP contribution in [0.15, 0.2) is 29.6 Å². The molecule has 2 aromatic rings. The van der Waals surface area contributed by atoms with Crippen LogP contribution in [-0.4, -0.2) is 18.2 Å². The smallest absolute Gasteiger partial charge is 0.345 e. The second kappa shape index (κ2) is 4.77. The lowest BCUT2D eigenvalue weighted by atomic mass is 10.1. The molecule has 3 nitrogen and oxygen atoms in total. The molecule has 2 rings (SSSR count). The molecule has 17 heavy (non-hydrogen) atoms. The summed E-state index contributed by atoms with van der Waals surface area (Å²) in [5.41, 5.74) is 1.59. The SMILES string of the molecule is COc1ccc(Cl)cc1-c1csc(C(=O)O)c1. The number of ether oxygens (including phenoxy) is 1. The van der Waals surface area contributed by atoms with E-state index in [0.29, 0.717) is 15.6 Å². The van der Waals surface area contributed by atoms with Crippen molar-refractivity contribution in [1.82, 2.24) is 0 Å². The van der Waals surface area contributed by atoms with Crippen LogP contribution in [0.4, 0.5) is 0 Å². The van der Waals surface area contributed by atoms with Crippen LogP contribution >= 0.6 is 22.9 Å². The summed E-state index contributed by atoms with van der Waals surface area (Å²) >= 11 is 7.10. The zero-order chi connectivity index (χ0) is 12.4. The molecule has 0 atom stereocenters. The van der Waals surface area contributed by atoms with Gasteiger partial charge >= 0.3 is 5.97 Å². The fourth-order valence-corrected chi connectivity index (χ4v) is 2.41. The predicted octanol–water partition coefficient (Wildman–Crippen LogP) is 3.78. The highest BCUT2D eigenvalue weighted by molar-refractivity contribution is 7.12. The molecule has 1 N–H and O–H groups in total. The van der Waals surface area contributed by atoms with Crippen molar-refractivity contribution in [2.45, 2.75) is 0 Å². The molecule has 1 aromatic carbocycles. The van der Waals surface area contributed by atoms with E-state index in [4.69, 9.17) is 21.4 Å². The third kappa shape index (κ3) is 2.43. The molecule has 88 valence electrons. The monoisotopic (exact) mass is 268 g/mol. The normalized spacial score (nSPS) is 10.2. The van der Waals surface area contributed by atoms with Gasteiger partial charge in [0.1, 0.15) is 10.6 Å². The van der Waals surface area contributed by atoms with Gasteiger partial charge in [0.2, 0.25) is 0 Å². The number of carboxylic acid groups (broad SMARTS) is 1. The minimum atomic E-state index is -0.928. The zero-order valence-corrected chi connectivity index (χ0v) is 10.5. The Hall–Kier alpha value is -1.52. The summed E-state index contributed by atoms with van der Waals surface area (Å²) in [7, 11) is 1.57. The fraction of sp³-hybridized carbons (Fsp3) is 0.0833. The first-order valence-electron chi connectivity index (χ1n) is 4.77. The first kappa shape index (κ1) is 12.0. The lowest BCUT2D eigenvalue weighted by Crippen LogP contribution is -1.90. The highest BCUT2D eigenvalue weighted by atomic mass is 35.5. The van der Waals surface area contributed by atoms with Crippen molar-refractivity contribution in [3.63, 3.8) is 0 Å². The van der Waals surface area contributed by atoms with Crippen LogP contribution in [0.5, 0.6) is 5.75 Å². The Morgan fingerprint density at radius 2 is 2.18 bits per heavy atom. The molecule has 1 aromatic heterocycles. The number of methoxy groups -OCH3 is 1. The second-order valence-corrected chi connectivity index (χ2v) is 4.70. The van der Waals surface area contributed by atoms with Gasteiger partial charge in [0.25, 0.3) is 0 Å². The van der Waals surface area contributed by atoms with E-state index in [9.17, 15) is 4.79 Å². The molecule has 1 heterocycles. The number of rotatable bonds is 3. The Bertz CT molecular complexity index is 563. The number of benzene rings is 1. The Morgan fingerprint density at radius 1 is 1.41 bits per heavy atom.